The number of methoxy groups -OCH3 is 1. The van der Waals surface area contributed by atoms with Crippen LogP contribution < -0.4 is 0 Å². The van der Waals surface area contributed by atoms with Gasteiger partial charge in [0.2, 0.25) is 0 Å². The molecule has 0 aliphatic rings. The van der Waals surface area contributed by atoms with Gasteiger partial charge in [-0.05, 0) is 17.7 Å². The molecular formula is C19H14N2O2. The number of hydrogen-bond acceptors (Lipinski definition) is 3. The molecule has 0 saturated carbocycles. The van der Waals surface area contributed by atoms with E-state index in [4.69, 9.17) is 4.74 Å². The van der Waals surface area contributed by atoms with Crippen molar-refractivity contribution in [2.75, 3.05) is 7.11 Å². The third-order valence-electron chi connectivity index (χ3n) is 3.99. The summed E-state index contributed by atoms with van der Waals surface area (Å²) in [5, 5.41) is 1.13. The Bertz CT molecular complexity index is 1020. The molecule has 0 aliphatic carbocycles. The van der Waals surface area contributed by atoms with Crippen molar-refractivity contribution in [3.05, 3.63) is 72.7 Å². The van der Waals surface area contributed by atoms with Crippen LogP contribution >= 0.6 is 0 Å². The van der Waals surface area contributed by atoms with Crippen LogP contribution in [0.3, 0.4) is 0 Å². The van der Waals surface area contributed by atoms with Crippen LogP contribution in [0.15, 0.2) is 67.0 Å². The van der Waals surface area contributed by atoms with Crippen LogP contribution in [0.5, 0.6) is 0 Å². The van der Waals surface area contributed by atoms with Gasteiger partial charge in [0.15, 0.2) is 5.69 Å². The van der Waals surface area contributed by atoms with Gasteiger partial charge in [0, 0.05) is 10.9 Å². The molecule has 0 amide bonds. The van der Waals surface area contributed by atoms with Crippen LogP contribution in [0.2, 0.25) is 0 Å². The van der Waals surface area contributed by atoms with E-state index in [1.165, 1.54) is 7.11 Å². The monoisotopic (exact) mass is 302 g/mol. The van der Waals surface area contributed by atoms with Gasteiger partial charge in [-0.15, -0.1) is 0 Å². The van der Waals surface area contributed by atoms with Crippen molar-refractivity contribution in [2.45, 2.75) is 0 Å². The molecule has 0 unspecified atom stereocenters. The maximum atomic E-state index is 11.8. The molecule has 2 aromatic carbocycles. The van der Waals surface area contributed by atoms with Gasteiger partial charge in [0.05, 0.1) is 18.1 Å². The number of nitrogens with zero attached hydrogens (tertiary/aromatic N) is 2. The molecule has 4 nitrogen and oxygen atoms in total. The lowest BCUT2D eigenvalue weighted by Gasteiger charge is -2.03. The van der Waals surface area contributed by atoms with Crippen molar-refractivity contribution in [3.8, 4) is 11.1 Å². The summed E-state index contributed by atoms with van der Waals surface area (Å²) >= 11 is 0. The highest BCUT2D eigenvalue weighted by molar-refractivity contribution is 6.06. The van der Waals surface area contributed by atoms with Crippen LogP contribution in [0.25, 0.3) is 27.5 Å². The van der Waals surface area contributed by atoms with Gasteiger partial charge in [-0.1, -0.05) is 48.5 Å². The Morgan fingerprint density at radius 1 is 1.00 bits per heavy atom. The summed E-state index contributed by atoms with van der Waals surface area (Å²) in [6.45, 7) is 0. The molecule has 4 heteroatoms. The number of aromatic nitrogens is 2. The van der Waals surface area contributed by atoms with Crippen LogP contribution in [0.1, 0.15) is 10.5 Å². The molecule has 0 fully saturated rings. The number of esters is 1. The van der Waals surface area contributed by atoms with Crippen LogP contribution in [0.4, 0.5) is 0 Å². The van der Waals surface area contributed by atoms with Gasteiger partial charge in [-0.2, -0.15) is 0 Å². The summed E-state index contributed by atoms with van der Waals surface area (Å²) in [5.74, 6) is -0.434. The largest absolute Gasteiger partial charge is 0.464 e. The van der Waals surface area contributed by atoms with Crippen LogP contribution in [-0.2, 0) is 4.74 Å². The normalized spacial score (nSPS) is 11.0. The van der Waals surface area contributed by atoms with Gasteiger partial charge in [0.1, 0.15) is 6.33 Å². The third-order valence-corrected chi connectivity index (χ3v) is 3.99. The smallest absolute Gasteiger partial charge is 0.356 e. The molecule has 4 aromatic rings. The van der Waals surface area contributed by atoms with E-state index in [0.29, 0.717) is 5.69 Å². The number of hydrogen-bond donors (Lipinski definition) is 0. The molecule has 0 atom stereocenters. The zero-order valence-corrected chi connectivity index (χ0v) is 12.6. The van der Waals surface area contributed by atoms with E-state index >= 15 is 0 Å². The number of ether oxygens (including phenoxy) is 1. The minimum atomic E-state index is -0.434. The number of para-hydroxylation sites is 1. The summed E-state index contributed by atoms with van der Waals surface area (Å²) < 4.78 is 6.80. The summed E-state index contributed by atoms with van der Waals surface area (Å²) in [5.41, 5.74) is 4.50. The lowest BCUT2D eigenvalue weighted by atomic mass is 10.0. The first kappa shape index (κ1) is 13.5. The molecule has 0 bridgehead atoms. The Kier molecular flexibility index (Phi) is 3.08. The SMILES string of the molecule is COC(=O)c1cc2c(-c3ccccc3)c3ccccc3n2cn1. The summed E-state index contributed by atoms with van der Waals surface area (Å²) in [7, 11) is 1.36. The highest BCUT2D eigenvalue weighted by Gasteiger charge is 2.16. The standard InChI is InChI=1S/C19H14N2O2/c1-23-19(22)15-11-17-18(13-7-3-2-4-8-13)14-9-5-6-10-16(14)21(17)12-20-15/h2-12H,1H3. The van der Waals surface area contributed by atoms with Crippen molar-refractivity contribution >= 4 is 22.4 Å². The Labute approximate surface area is 133 Å². The molecule has 112 valence electrons. The second-order valence-corrected chi connectivity index (χ2v) is 5.28. The third kappa shape index (κ3) is 2.07. The fraction of sp³-hybridized carbons (Fsp3) is 0.0526. The summed E-state index contributed by atoms with van der Waals surface area (Å²) in [4.78, 5) is 16.0. The second kappa shape index (κ2) is 5.25. The van der Waals surface area contributed by atoms with Crippen molar-refractivity contribution < 1.29 is 9.53 Å². The van der Waals surface area contributed by atoms with Crippen molar-refractivity contribution in [1.29, 1.82) is 0 Å². The van der Waals surface area contributed by atoms with Gasteiger partial charge in [0.25, 0.3) is 0 Å². The summed E-state index contributed by atoms with van der Waals surface area (Å²) in [6, 6.07) is 20.1. The van der Waals surface area contributed by atoms with E-state index in [9.17, 15) is 4.79 Å². The zero-order valence-electron chi connectivity index (χ0n) is 12.6. The van der Waals surface area contributed by atoms with Crippen molar-refractivity contribution in [1.82, 2.24) is 9.38 Å². The van der Waals surface area contributed by atoms with E-state index in [1.807, 2.05) is 40.8 Å². The lowest BCUT2D eigenvalue weighted by Crippen LogP contribution is -2.05. The minimum Gasteiger partial charge on any atom is -0.464 e. The van der Waals surface area contributed by atoms with Crippen molar-refractivity contribution in [3.63, 3.8) is 0 Å². The topological polar surface area (TPSA) is 43.6 Å². The van der Waals surface area contributed by atoms with Gasteiger partial charge in [-0.25, -0.2) is 9.78 Å². The van der Waals surface area contributed by atoms with E-state index < -0.39 is 5.97 Å². The maximum absolute atomic E-state index is 11.8. The number of benzene rings is 2. The molecule has 0 radical (unpaired) electrons. The van der Waals surface area contributed by atoms with Crippen LogP contribution in [0, 0.1) is 0 Å². The molecule has 23 heavy (non-hydrogen) atoms. The van der Waals surface area contributed by atoms with Crippen molar-refractivity contribution in [2.24, 2.45) is 0 Å². The highest BCUT2D eigenvalue weighted by Crippen LogP contribution is 2.35. The number of fused-ring (bicyclic) bond motifs is 3. The summed E-state index contributed by atoms with van der Waals surface area (Å²) in [6.07, 6.45) is 1.68. The van der Waals surface area contributed by atoms with E-state index in [1.54, 1.807) is 12.4 Å². The molecule has 0 spiro atoms. The molecule has 0 saturated heterocycles. The number of carbonyl (C=O) groups excluding carboxylic acids is 1. The molecule has 4 rings (SSSR count). The first-order chi connectivity index (χ1) is 11.3. The Morgan fingerprint density at radius 3 is 2.52 bits per heavy atom. The quantitative estimate of drug-likeness (QED) is 0.527. The fourth-order valence-corrected chi connectivity index (χ4v) is 2.96. The fourth-order valence-electron chi connectivity index (χ4n) is 2.96. The second-order valence-electron chi connectivity index (χ2n) is 5.28. The van der Waals surface area contributed by atoms with E-state index in [0.717, 1.165) is 27.5 Å². The van der Waals surface area contributed by atoms with Gasteiger partial charge in [-0.3, -0.25) is 4.40 Å². The molecule has 2 aromatic heterocycles. The number of carbonyl (C=O) groups is 1. The predicted molar refractivity (Wildman–Crippen MR) is 89.5 cm³/mol. The van der Waals surface area contributed by atoms with Crippen LogP contribution in [-0.4, -0.2) is 22.5 Å². The van der Waals surface area contributed by atoms with E-state index in [2.05, 4.69) is 23.2 Å². The van der Waals surface area contributed by atoms with Gasteiger partial charge < -0.3 is 4.74 Å². The molecular weight excluding hydrogens is 288 g/mol. The predicted octanol–water partition coefficient (Wildman–Crippen LogP) is 3.94. The Morgan fingerprint density at radius 2 is 1.74 bits per heavy atom. The van der Waals surface area contributed by atoms with E-state index in [-0.39, 0.29) is 0 Å². The zero-order chi connectivity index (χ0) is 15.8. The Balaban J connectivity index is 2.13. The first-order valence-corrected chi connectivity index (χ1v) is 7.32. The first-order valence-electron chi connectivity index (χ1n) is 7.32. The lowest BCUT2D eigenvalue weighted by molar-refractivity contribution is 0.0594. The molecule has 0 N–H and O–H groups in total. The minimum absolute atomic E-state index is 0.306. The highest BCUT2D eigenvalue weighted by atomic mass is 16.5. The molecule has 2 heterocycles. The maximum Gasteiger partial charge on any atom is 0.356 e. The van der Waals surface area contributed by atoms with Gasteiger partial charge >= 0.3 is 5.97 Å². The molecule has 0 aliphatic heterocycles. The average Bonchev–Trinajstić information content (AvgIpc) is 2.95. The number of rotatable bonds is 2. The average molecular weight is 302 g/mol. The Hall–Kier alpha value is -3.14.